The number of nitrogens with one attached hydrogen (secondary N) is 2. The molecule has 0 aromatic heterocycles. The van der Waals surface area contributed by atoms with Gasteiger partial charge in [-0.3, -0.25) is 15.5 Å². The second-order valence-corrected chi connectivity index (χ2v) is 6.07. The zero-order chi connectivity index (χ0) is 18.7. The summed E-state index contributed by atoms with van der Waals surface area (Å²) in [5.74, 6) is 0.780. The van der Waals surface area contributed by atoms with Gasteiger partial charge in [0.15, 0.2) is 16.6 Å². The molecule has 0 saturated heterocycles. The van der Waals surface area contributed by atoms with Gasteiger partial charge in [0.1, 0.15) is 0 Å². The van der Waals surface area contributed by atoms with Crippen LogP contribution < -0.4 is 20.2 Å². The number of hydrogen-bond donors (Lipinski definition) is 2. The summed E-state index contributed by atoms with van der Waals surface area (Å²) in [6.45, 7) is 3.98. The molecule has 1 aliphatic heterocycles. The molecule has 0 spiro atoms. The molecule has 2 aromatic rings. The SMILES string of the molecule is Cc1ccc(C)c(NC(=S)N/N=C/c2cc3c(cc2[N+](=O)[O-])OCO3)c1. The van der Waals surface area contributed by atoms with E-state index in [2.05, 4.69) is 15.8 Å². The van der Waals surface area contributed by atoms with Crippen LogP contribution in [-0.2, 0) is 0 Å². The van der Waals surface area contributed by atoms with E-state index in [9.17, 15) is 10.1 Å². The number of aryl methyl sites for hydroxylation is 2. The normalized spacial score (nSPS) is 12.2. The van der Waals surface area contributed by atoms with Crippen molar-refractivity contribution in [3.05, 3.63) is 57.1 Å². The number of rotatable bonds is 4. The van der Waals surface area contributed by atoms with Gasteiger partial charge in [0.2, 0.25) is 6.79 Å². The van der Waals surface area contributed by atoms with Crippen LogP contribution in [0.15, 0.2) is 35.4 Å². The Labute approximate surface area is 155 Å². The van der Waals surface area contributed by atoms with Crippen molar-refractivity contribution in [2.24, 2.45) is 5.10 Å². The number of hydrazone groups is 1. The molecule has 2 aromatic carbocycles. The minimum atomic E-state index is -0.504. The predicted octanol–water partition coefficient (Wildman–Crippen LogP) is 3.26. The highest BCUT2D eigenvalue weighted by atomic mass is 32.1. The van der Waals surface area contributed by atoms with Gasteiger partial charge in [-0.2, -0.15) is 5.10 Å². The van der Waals surface area contributed by atoms with E-state index in [1.54, 1.807) is 0 Å². The Morgan fingerprint density at radius 3 is 2.73 bits per heavy atom. The number of nitro groups is 1. The number of nitro benzene ring substituents is 1. The maximum atomic E-state index is 11.2. The predicted molar refractivity (Wildman–Crippen MR) is 102 cm³/mol. The van der Waals surface area contributed by atoms with E-state index in [1.807, 2.05) is 32.0 Å². The molecule has 0 saturated carbocycles. The highest BCUT2D eigenvalue weighted by molar-refractivity contribution is 7.80. The molecule has 134 valence electrons. The van der Waals surface area contributed by atoms with Crippen molar-refractivity contribution < 1.29 is 14.4 Å². The van der Waals surface area contributed by atoms with Gasteiger partial charge in [-0.1, -0.05) is 12.1 Å². The third kappa shape index (κ3) is 3.89. The number of nitrogens with zero attached hydrogens (tertiary/aromatic N) is 2. The average molecular weight is 372 g/mol. The number of thiocarbonyl (C=S) groups is 1. The minimum absolute atomic E-state index is 0.0369. The molecular formula is C17H16N4O4S. The number of fused-ring (bicyclic) bond motifs is 1. The monoisotopic (exact) mass is 372 g/mol. The third-order valence-corrected chi connectivity index (χ3v) is 3.92. The molecule has 2 N–H and O–H groups in total. The molecule has 0 atom stereocenters. The van der Waals surface area contributed by atoms with Gasteiger partial charge in [-0.25, -0.2) is 0 Å². The summed E-state index contributed by atoms with van der Waals surface area (Å²) < 4.78 is 10.4. The standard InChI is InChI=1S/C17H16N4O4S/c1-10-3-4-11(2)13(5-10)19-17(26)20-18-8-12-6-15-16(25-9-24-15)7-14(12)21(22)23/h3-8H,9H2,1-2H3,(H2,19,20,26)/b18-8+. The summed E-state index contributed by atoms with van der Waals surface area (Å²) in [7, 11) is 0. The van der Waals surface area contributed by atoms with E-state index < -0.39 is 4.92 Å². The molecule has 0 bridgehead atoms. The lowest BCUT2D eigenvalue weighted by molar-refractivity contribution is -0.385. The van der Waals surface area contributed by atoms with Crippen molar-refractivity contribution >= 4 is 34.9 Å². The van der Waals surface area contributed by atoms with E-state index in [0.29, 0.717) is 11.5 Å². The molecule has 0 aliphatic carbocycles. The molecule has 3 rings (SSSR count). The van der Waals surface area contributed by atoms with Crippen molar-refractivity contribution in [3.8, 4) is 11.5 Å². The maximum Gasteiger partial charge on any atom is 0.282 e. The fourth-order valence-corrected chi connectivity index (χ4v) is 2.55. The number of anilines is 1. The van der Waals surface area contributed by atoms with Gasteiger partial charge in [-0.05, 0) is 49.3 Å². The first kappa shape index (κ1) is 17.6. The molecule has 8 nitrogen and oxygen atoms in total. The van der Waals surface area contributed by atoms with Crippen LogP contribution in [-0.4, -0.2) is 23.0 Å². The Bertz CT molecular complexity index is 914. The van der Waals surface area contributed by atoms with Crippen LogP contribution in [0, 0.1) is 24.0 Å². The van der Waals surface area contributed by atoms with Crippen LogP contribution in [0.25, 0.3) is 0 Å². The quantitative estimate of drug-likeness (QED) is 0.368. The summed E-state index contributed by atoms with van der Waals surface area (Å²) in [4.78, 5) is 10.7. The second-order valence-electron chi connectivity index (χ2n) is 5.66. The van der Waals surface area contributed by atoms with Crippen molar-refractivity contribution in [1.29, 1.82) is 0 Å². The average Bonchev–Trinajstić information content (AvgIpc) is 3.04. The highest BCUT2D eigenvalue weighted by Crippen LogP contribution is 2.37. The first-order chi connectivity index (χ1) is 12.4. The van der Waals surface area contributed by atoms with Crippen LogP contribution in [0.2, 0.25) is 0 Å². The number of benzene rings is 2. The van der Waals surface area contributed by atoms with E-state index in [1.165, 1.54) is 18.3 Å². The molecule has 0 fully saturated rings. The third-order valence-electron chi connectivity index (χ3n) is 3.73. The Hall–Kier alpha value is -3.20. The fraction of sp³-hybridized carbons (Fsp3) is 0.176. The summed E-state index contributed by atoms with van der Waals surface area (Å²) in [5.41, 5.74) is 5.81. The van der Waals surface area contributed by atoms with Crippen molar-refractivity contribution in [2.75, 3.05) is 12.1 Å². The molecule has 26 heavy (non-hydrogen) atoms. The Morgan fingerprint density at radius 1 is 1.27 bits per heavy atom. The van der Waals surface area contributed by atoms with Crippen molar-refractivity contribution in [1.82, 2.24) is 5.43 Å². The summed E-state index contributed by atoms with van der Waals surface area (Å²) in [6.07, 6.45) is 1.32. The van der Waals surface area contributed by atoms with Gasteiger partial charge in [0.05, 0.1) is 22.8 Å². The van der Waals surface area contributed by atoms with Gasteiger partial charge in [0.25, 0.3) is 5.69 Å². The van der Waals surface area contributed by atoms with Crippen LogP contribution in [0.1, 0.15) is 16.7 Å². The van der Waals surface area contributed by atoms with Crippen molar-refractivity contribution in [2.45, 2.75) is 13.8 Å². The zero-order valence-electron chi connectivity index (χ0n) is 14.1. The molecule has 0 amide bonds. The molecule has 0 radical (unpaired) electrons. The first-order valence-electron chi connectivity index (χ1n) is 7.69. The fourth-order valence-electron chi connectivity index (χ4n) is 2.39. The Kier molecular flexibility index (Phi) is 4.99. The van der Waals surface area contributed by atoms with Gasteiger partial charge in [0, 0.05) is 5.69 Å². The minimum Gasteiger partial charge on any atom is -0.454 e. The Morgan fingerprint density at radius 2 is 2.00 bits per heavy atom. The lowest BCUT2D eigenvalue weighted by Crippen LogP contribution is -2.24. The maximum absolute atomic E-state index is 11.2. The molecule has 1 heterocycles. The van der Waals surface area contributed by atoms with E-state index in [-0.39, 0.29) is 23.2 Å². The number of hydrogen-bond acceptors (Lipinski definition) is 6. The van der Waals surface area contributed by atoms with E-state index in [0.717, 1.165) is 16.8 Å². The highest BCUT2D eigenvalue weighted by Gasteiger charge is 2.22. The molecule has 1 aliphatic rings. The van der Waals surface area contributed by atoms with Crippen LogP contribution in [0.5, 0.6) is 11.5 Å². The van der Waals surface area contributed by atoms with Gasteiger partial charge >= 0.3 is 0 Å². The smallest absolute Gasteiger partial charge is 0.282 e. The lowest BCUT2D eigenvalue weighted by Gasteiger charge is -2.10. The lowest BCUT2D eigenvalue weighted by atomic mass is 10.1. The van der Waals surface area contributed by atoms with Crippen LogP contribution in [0.4, 0.5) is 11.4 Å². The van der Waals surface area contributed by atoms with Gasteiger partial charge < -0.3 is 14.8 Å². The number of ether oxygens (including phenoxy) is 2. The van der Waals surface area contributed by atoms with Crippen LogP contribution in [0.3, 0.4) is 0 Å². The summed E-state index contributed by atoms with van der Waals surface area (Å²) in [5, 5.41) is 18.5. The van der Waals surface area contributed by atoms with Crippen LogP contribution >= 0.6 is 12.2 Å². The van der Waals surface area contributed by atoms with E-state index in [4.69, 9.17) is 21.7 Å². The largest absolute Gasteiger partial charge is 0.454 e. The van der Waals surface area contributed by atoms with Gasteiger partial charge in [-0.15, -0.1) is 0 Å². The summed E-state index contributed by atoms with van der Waals surface area (Å²) in [6, 6.07) is 8.78. The van der Waals surface area contributed by atoms with E-state index >= 15 is 0 Å². The Balaban J connectivity index is 1.71. The zero-order valence-corrected chi connectivity index (χ0v) is 14.9. The molecular weight excluding hydrogens is 356 g/mol. The molecule has 9 heteroatoms. The summed E-state index contributed by atoms with van der Waals surface area (Å²) >= 11 is 5.20. The molecule has 0 unspecified atom stereocenters. The first-order valence-corrected chi connectivity index (χ1v) is 8.10. The topological polar surface area (TPSA) is 98.0 Å². The second kappa shape index (κ2) is 7.36. The van der Waals surface area contributed by atoms with Crippen molar-refractivity contribution in [3.63, 3.8) is 0 Å².